The number of hydrogen-bond donors (Lipinski definition) is 1. The molecule has 0 amide bonds. The summed E-state index contributed by atoms with van der Waals surface area (Å²) >= 11 is 0. The van der Waals surface area contributed by atoms with Gasteiger partial charge in [0.15, 0.2) is 0 Å². The summed E-state index contributed by atoms with van der Waals surface area (Å²) < 4.78 is 5.35. The Labute approximate surface area is 119 Å². The standard InChI is InChI=1S/C16H21N3O/c1-20-14-6-3-12-7-9-18-16(15(12)11-14)19(10-2-8-17)13-4-5-13/h3,6-7,9,11,13H,2,4-5,8,10,17H2,1H3. The topological polar surface area (TPSA) is 51.4 Å². The average molecular weight is 271 g/mol. The molecule has 1 heterocycles. The van der Waals surface area contributed by atoms with Gasteiger partial charge < -0.3 is 15.4 Å². The number of benzene rings is 1. The summed E-state index contributed by atoms with van der Waals surface area (Å²) in [7, 11) is 1.70. The average Bonchev–Trinajstić information content (AvgIpc) is 3.32. The number of pyridine rings is 1. The molecule has 4 nitrogen and oxygen atoms in total. The quantitative estimate of drug-likeness (QED) is 0.877. The van der Waals surface area contributed by atoms with Crippen molar-refractivity contribution in [1.29, 1.82) is 0 Å². The summed E-state index contributed by atoms with van der Waals surface area (Å²) in [5.41, 5.74) is 5.67. The fourth-order valence-corrected chi connectivity index (χ4v) is 2.60. The van der Waals surface area contributed by atoms with Crippen molar-refractivity contribution in [2.75, 3.05) is 25.1 Å². The van der Waals surface area contributed by atoms with Crippen LogP contribution in [-0.2, 0) is 0 Å². The Morgan fingerprint density at radius 1 is 1.35 bits per heavy atom. The molecule has 0 radical (unpaired) electrons. The maximum Gasteiger partial charge on any atom is 0.136 e. The van der Waals surface area contributed by atoms with Crippen LogP contribution in [-0.4, -0.2) is 31.2 Å². The SMILES string of the molecule is COc1ccc2ccnc(N(CCCN)C3CC3)c2c1. The summed E-state index contributed by atoms with van der Waals surface area (Å²) in [5.74, 6) is 1.94. The van der Waals surface area contributed by atoms with E-state index < -0.39 is 0 Å². The first-order chi connectivity index (χ1) is 9.83. The van der Waals surface area contributed by atoms with Crippen LogP contribution in [0.3, 0.4) is 0 Å². The summed E-state index contributed by atoms with van der Waals surface area (Å²) in [5, 5.41) is 2.37. The molecule has 0 saturated heterocycles. The van der Waals surface area contributed by atoms with Crippen molar-refractivity contribution in [1.82, 2.24) is 4.98 Å². The van der Waals surface area contributed by atoms with E-state index in [0.29, 0.717) is 6.04 Å². The van der Waals surface area contributed by atoms with E-state index in [1.165, 1.54) is 18.2 Å². The van der Waals surface area contributed by atoms with Crippen LogP contribution in [0, 0.1) is 0 Å². The zero-order chi connectivity index (χ0) is 13.9. The molecule has 1 aliphatic rings. The van der Waals surface area contributed by atoms with Crippen LogP contribution >= 0.6 is 0 Å². The van der Waals surface area contributed by atoms with Crippen molar-refractivity contribution < 1.29 is 4.74 Å². The van der Waals surface area contributed by atoms with E-state index in [4.69, 9.17) is 10.5 Å². The number of ether oxygens (including phenoxy) is 1. The van der Waals surface area contributed by atoms with Crippen molar-refractivity contribution in [3.8, 4) is 5.75 Å². The molecule has 20 heavy (non-hydrogen) atoms. The molecule has 1 fully saturated rings. The Bertz CT molecular complexity index is 595. The molecule has 0 atom stereocenters. The van der Waals surface area contributed by atoms with Crippen molar-refractivity contribution in [3.63, 3.8) is 0 Å². The van der Waals surface area contributed by atoms with Crippen LogP contribution in [0.2, 0.25) is 0 Å². The lowest BCUT2D eigenvalue weighted by molar-refractivity contribution is 0.415. The monoisotopic (exact) mass is 271 g/mol. The molecule has 106 valence electrons. The van der Waals surface area contributed by atoms with E-state index in [2.05, 4.69) is 22.0 Å². The fraction of sp³-hybridized carbons (Fsp3) is 0.438. The van der Waals surface area contributed by atoms with Gasteiger partial charge in [-0.3, -0.25) is 0 Å². The highest BCUT2D eigenvalue weighted by molar-refractivity contribution is 5.93. The molecule has 4 heteroatoms. The number of fused-ring (bicyclic) bond motifs is 1. The zero-order valence-corrected chi connectivity index (χ0v) is 11.9. The van der Waals surface area contributed by atoms with Gasteiger partial charge in [-0.25, -0.2) is 4.98 Å². The van der Waals surface area contributed by atoms with Crippen molar-refractivity contribution in [2.24, 2.45) is 5.73 Å². The highest BCUT2D eigenvalue weighted by atomic mass is 16.5. The van der Waals surface area contributed by atoms with Crippen LogP contribution < -0.4 is 15.4 Å². The molecule has 1 aliphatic carbocycles. The second-order valence-corrected chi connectivity index (χ2v) is 5.29. The Hall–Kier alpha value is -1.81. The van der Waals surface area contributed by atoms with Gasteiger partial charge in [0.2, 0.25) is 0 Å². The summed E-state index contributed by atoms with van der Waals surface area (Å²) in [6.45, 7) is 1.70. The minimum atomic E-state index is 0.630. The third-order valence-electron chi connectivity index (χ3n) is 3.82. The molecule has 3 rings (SSSR count). The van der Waals surface area contributed by atoms with Crippen LogP contribution in [0.15, 0.2) is 30.5 Å². The van der Waals surface area contributed by atoms with Gasteiger partial charge in [0.05, 0.1) is 7.11 Å². The predicted molar refractivity (Wildman–Crippen MR) is 82.3 cm³/mol. The third-order valence-corrected chi connectivity index (χ3v) is 3.82. The van der Waals surface area contributed by atoms with Gasteiger partial charge in [-0.05, 0) is 49.4 Å². The molecule has 1 aromatic carbocycles. The largest absolute Gasteiger partial charge is 0.497 e. The van der Waals surface area contributed by atoms with Gasteiger partial charge in [-0.15, -0.1) is 0 Å². The van der Waals surface area contributed by atoms with Crippen LogP contribution in [0.1, 0.15) is 19.3 Å². The third kappa shape index (κ3) is 2.56. The highest BCUT2D eigenvalue weighted by Crippen LogP contribution is 2.35. The number of nitrogens with zero attached hydrogens (tertiary/aromatic N) is 2. The van der Waals surface area contributed by atoms with Crippen LogP contribution in [0.5, 0.6) is 5.75 Å². The number of aromatic nitrogens is 1. The normalized spacial score (nSPS) is 14.5. The molecule has 0 bridgehead atoms. The Morgan fingerprint density at radius 2 is 2.20 bits per heavy atom. The molecule has 2 aromatic rings. The number of hydrogen-bond acceptors (Lipinski definition) is 4. The minimum absolute atomic E-state index is 0.630. The van der Waals surface area contributed by atoms with Crippen LogP contribution in [0.4, 0.5) is 5.82 Å². The van der Waals surface area contributed by atoms with Crippen molar-refractivity contribution >= 4 is 16.6 Å². The summed E-state index contributed by atoms with van der Waals surface area (Å²) in [6.07, 6.45) is 5.40. The second kappa shape index (κ2) is 5.67. The Morgan fingerprint density at radius 3 is 2.90 bits per heavy atom. The van der Waals surface area contributed by atoms with E-state index in [-0.39, 0.29) is 0 Å². The van der Waals surface area contributed by atoms with E-state index in [9.17, 15) is 0 Å². The first-order valence-electron chi connectivity index (χ1n) is 7.23. The molecule has 0 spiro atoms. The smallest absolute Gasteiger partial charge is 0.136 e. The van der Waals surface area contributed by atoms with Gasteiger partial charge in [-0.1, -0.05) is 6.07 Å². The molecule has 1 aromatic heterocycles. The molecule has 0 aliphatic heterocycles. The van der Waals surface area contributed by atoms with Gasteiger partial charge in [0, 0.05) is 24.2 Å². The fourth-order valence-electron chi connectivity index (χ4n) is 2.60. The van der Waals surface area contributed by atoms with Gasteiger partial charge in [-0.2, -0.15) is 0 Å². The van der Waals surface area contributed by atoms with Crippen LogP contribution in [0.25, 0.3) is 10.8 Å². The number of nitrogens with two attached hydrogens (primary N) is 1. The predicted octanol–water partition coefficient (Wildman–Crippen LogP) is 2.56. The molecule has 2 N–H and O–H groups in total. The first-order valence-corrected chi connectivity index (χ1v) is 7.23. The molecule has 1 saturated carbocycles. The molecular formula is C16H21N3O. The minimum Gasteiger partial charge on any atom is -0.497 e. The van der Waals surface area contributed by atoms with E-state index in [0.717, 1.165) is 36.5 Å². The first kappa shape index (κ1) is 13.2. The number of methoxy groups -OCH3 is 1. The van der Waals surface area contributed by atoms with Crippen molar-refractivity contribution in [2.45, 2.75) is 25.3 Å². The van der Waals surface area contributed by atoms with E-state index in [1.54, 1.807) is 7.11 Å². The summed E-state index contributed by atoms with van der Waals surface area (Å²) in [6, 6.07) is 8.84. The lowest BCUT2D eigenvalue weighted by atomic mass is 10.1. The maximum absolute atomic E-state index is 5.67. The van der Waals surface area contributed by atoms with Gasteiger partial charge in [0.1, 0.15) is 11.6 Å². The second-order valence-electron chi connectivity index (χ2n) is 5.29. The van der Waals surface area contributed by atoms with Gasteiger partial charge in [0.25, 0.3) is 0 Å². The molecular weight excluding hydrogens is 250 g/mol. The summed E-state index contributed by atoms with van der Waals surface area (Å²) in [4.78, 5) is 7.04. The van der Waals surface area contributed by atoms with E-state index >= 15 is 0 Å². The van der Waals surface area contributed by atoms with E-state index in [1.807, 2.05) is 18.3 Å². The van der Waals surface area contributed by atoms with Crippen molar-refractivity contribution in [3.05, 3.63) is 30.5 Å². The highest BCUT2D eigenvalue weighted by Gasteiger charge is 2.30. The lowest BCUT2D eigenvalue weighted by Gasteiger charge is -2.24. The lowest BCUT2D eigenvalue weighted by Crippen LogP contribution is -2.29. The number of rotatable bonds is 6. The zero-order valence-electron chi connectivity index (χ0n) is 11.9. The molecule has 0 unspecified atom stereocenters. The Kier molecular flexibility index (Phi) is 3.74. The Balaban J connectivity index is 2.03. The number of anilines is 1. The van der Waals surface area contributed by atoms with Gasteiger partial charge >= 0.3 is 0 Å². The maximum atomic E-state index is 5.67.